The minimum atomic E-state index is 0.682. The van der Waals surface area contributed by atoms with Crippen molar-refractivity contribution in [1.82, 2.24) is 0 Å². The van der Waals surface area contributed by atoms with Crippen LogP contribution in [0.15, 0.2) is 48.5 Å². The molecule has 1 nitrogen and oxygen atoms in total. The summed E-state index contributed by atoms with van der Waals surface area (Å²) in [5, 5.41) is 0. The molecule has 0 spiro atoms. The number of hydrogen-bond acceptors (Lipinski definition) is 8. The molecule has 7 aromatic rings. The first-order chi connectivity index (χ1) is 30.8. The molecule has 63 heavy (non-hydrogen) atoms. The van der Waals surface area contributed by atoms with Crippen LogP contribution in [0.3, 0.4) is 0 Å². The summed E-state index contributed by atoms with van der Waals surface area (Å²) in [4.78, 5) is 27.1. The van der Waals surface area contributed by atoms with Crippen LogP contribution in [0.4, 0.5) is 0 Å². The summed E-state index contributed by atoms with van der Waals surface area (Å²) in [5.41, 5.74) is 5.53. The third kappa shape index (κ3) is 11.6. The number of rotatable bonds is 8. The van der Waals surface area contributed by atoms with Crippen molar-refractivity contribution >= 4 is 85.6 Å². The van der Waals surface area contributed by atoms with E-state index in [1.165, 1.54) is 40.6 Å². The molecule has 7 rings (SSSR count). The van der Waals surface area contributed by atoms with Crippen LogP contribution in [0, 0.1) is 71.0 Å². The summed E-state index contributed by atoms with van der Waals surface area (Å²) in [6, 6.07) is 17.2. The molecular formula is C55H44OS7. The lowest BCUT2D eigenvalue weighted by Gasteiger charge is -1.89. The van der Waals surface area contributed by atoms with Crippen LogP contribution in [-0.4, -0.2) is 6.29 Å². The highest BCUT2D eigenvalue weighted by Gasteiger charge is 2.12. The Labute approximate surface area is 401 Å². The fourth-order valence-corrected chi connectivity index (χ4v) is 12.4. The van der Waals surface area contributed by atoms with Gasteiger partial charge in [-0.25, -0.2) is 0 Å². The summed E-state index contributed by atoms with van der Waals surface area (Å²) >= 11 is 11.8. The Morgan fingerprint density at radius 1 is 0.333 bits per heavy atom. The quantitative estimate of drug-likeness (QED) is 0.110. The van der Waals surface area contributed by atoms with E-state index in [2.05, 4.69) is 162 Å². The van der Waals surface area contributed by atoms with Crippen LogP contribution in [0.5, 0.6) is 0 Å². The second-order valence-corrected chi connectivity index (χ2v) is 22.1. The van der Waals surface area contributed by atoms with Crippen molar-refractivity contribution < 1.29 is 4.79 Å². The van der Waals surface area contributed by atoms with Crippen LogP contribution in [0.2, 0.25) is 0 Å². The van der Waals surface area contributed by atoms with Gasteiger partial charge in [0.2, 0.25) is 0 Å². The molecule has 0 aliphatic heterocycles. The SMILES string of the molecule is CCc1ccc(C#Cc2cc(CC)sc2C#Cc2cc(CC)sc2C#Cc2cc(CC)sc2C#Cc2cc(CC)sc2C#Cc2cc(CC)sc2C#Cc2cc(CC)sc2C=O)s1. The molecule has 0 aliphatic rings. The van der Waals surface area contributed by atoms with Crippen LogP contribution in [0.1, 0.15) is 155 Å². The predicted molar refractivity (Wildman–Crippen MR) is 277 cm³/mol. The molecular weight excluding hydrogens is 901 g/mol. The van der Waals surface area contributed by atoms with Gasteiger partial charge in [-0.1, -0.05) is 89.9 Å². The van der Waals surface area contributed by atoms with Gasteiger partial charge in [0.15, 0.2) is 6.29 Å². The molecule has 0 aromatic carbocycles. The topological polar surface area (TPSA) is 17.1 Å². The monoisotopic (exact) mass is 944 g/mol. The average Bonchev–Trinajstić information content (AvgIpc) is 4.18. The molecule has 0 radical (unpaired) electrons. The molecule has 0 fully saturated rings. The largest absolute Gasteiger partial charge is 0.297 e. The third-order valence-corrected chi connectivity index (χ3v) is 18.1. The summed E-state index contributed by atoms with van der Waals surface area (Å²) in [6.45, 7) is 15.1. The highest BCUT2D eigenvalue weighted by atomic mass is 32.1. The van der Waals surface area contributed by atoms with Crippen LogP contribution in [-0.2, 0) is 44.9 Å². The summed E-state index contributed by atoms with van der Waals surface area (Å²) in [7, 11) is 0. The molecule has 7 aromatic heterocycles. The van der Waals surface area contributed by atoms with E-state index >= 15 is 0 Å². The zero-order valence-corrected chi connectivity index (χ0v) is 42.1. The van der Waals surface area contributed by atoms with Crippen molar-refractivity contribution in [3.8, 4) is 71.0 Å². The number of hydrogen-bond donors (Lipinski definition) is 0. The van der Waals surface area contributed by atoms with Crippen molar-refractivity contribution in [2.75, 3.05) is 0 Å². The Bertz CT molecular complexity index is 3190. The maximum atomic E-state index is 11.7. The van der Waals surface area contributed by atoms with E-state index in [4.69, 9.17) is 0 Å². The fourth-order valence-electron chi connectivity index (χ4n) is 6.21. The highest BCUT2D eigenvalue weighted by molar-refractivity contribution is 7.15. The van der Waals surface area contributed by atoms with Crippen molar-refractivity contribution in [3.05, 3.63) is 150 Å². The molecule has 312 valence electrons. The minimum absolute atomic E-state index is 0.682. The Morgan fingerprint density at radius 2 is 0.619 bits per heavy atom. The maximum Gasteiger partial charge on any atom is 0.161 e. The van der Waals surface area contributed by atoms with Crippen LogP contribution >= 0.6 is 79.4 Å². The van der Waals surface area contributed by atoms with Gasteiger partial charge in [-0.2, -0.15) is 0 Å². The first-order valence-corrected chi connectivity index (χ1v) is 26.9. The standard InChI is InChI=1S/C55H44OS7/c1-8-42-22-23-49(57-42)21-15-36-29-43(9-2)58-50(36)24-16-37-30-44(10-3)59-51(37)25-17-38-31-45(11-4)60-52(38)26-18-39-32-46(12-5)61-53(39)27-19-40-33-47(13-6)62-54(40)28-20-41-34-48(14-7)63-55(41)35-56/h22-23,29-35H,8-14H2,1-7H3. The van der Waals surface area contributed by atoms with Crippen LogP contribution in [0.25, 0.3) is 0 Å². The lowest BCUT2D eigenvalue weighted by atomic mass is 10.1. The van der Waals surface area contributed by atoms with Gasteiger partial charge >= 0.3 is 0 Å². The smallest absolute Gasteiger partial charge is 0.161 e. The summed E-state index contributed by atoms with van der Waals surface area (Å²) in [5.74, 6) is 41.5. The van der Waals surface area contributed by atoms with E-state index in [0.717, 1.165) is 119 Å². The average molecular weight is 945 g/mol. The van der Waals surface area contributed by atoms with Crippen molar-refractivity contribution in [2.24, 2.45) is 0 Å². The number of thiophene rings is 7. The van der Waals surface area contributed by atoms with E-state index in [9.17, 15) is 4.79 Å². The van der Waals surface area contributed by atoms with E-state index < -0.39 is 0 Å². The highest BCUT2D eigenvalue weighted by Crippen LogP contribution is 2.29. The Morgan fingerprint density at radius 3 is 0.921 bits per heavy atom. The van der Waals surface area contributed by atoms with Gasteiger partial charge in [0.05, 0.1) is 62.0 Å². The number of aldehydes is 1. The normalized spacial score (nSPS) is 10.2. The van der Waals surface area contributed by atoms with Crippen LogP contribution < -0.4 is 0 Å². The Balaban J connectivity index is 1.18. The predicted octanol–water partition coefficient (Wildman–Crippen LogP) is 14.3. The van der Waals surface area contributed by atoms with Crippen molar-refractivity contribution in [3.63, 3.8) is 0 Å². The molecule has 0 N–H and O–H groups in total. The van der Waals surface area contributed by atoms with Crippen molar-refractivity contribution in [2.45, 2.75) is 93.4 Å². The molecule has 0 saturated heterocycles. The second-order valence-electron chi connectivity index (χ2n) is 14.1. The van der Waals surface area contributed by atoms with Gasteiger partial charge < -0.3 is 0 Å². The second kappa shape index (κ2) is 22.0. The first kappa shape index (κ1) is 45.9. The van der Waals surface area contributed by atoms with Gasteiger partial charge in [0.1, 0.15) is 0 Å². The van der Waals surface area contributed by atoms with Gasteiger partial charge in [0.25, 0.3) is 0 Å². The lowest BCUT2D eigenvalue weighted by molar-refractivity contribution is 0.112. The van der Waals surface area contributed by atoms with E-state index in [-0.39, 0.29) is 0 Å². The van der Waals surface area contributed by atoms with Crippen molar-refractivity contribution in [1.29, 1.82) is 0 Å². The Hall–Kier alpha value is -5.07. The van der Waals surface area contributed by atoms with Gasteiger partial charge in [-0.05, 0) is 123 Å². The van der Waals surface area contributed by atoms with E-state index in [0.29, 0.717) is 4.88 Å². The molecule has 7 heterocycles. The fraction of sp³-hybridized carbons (Fsp3) is 0.255. The molecule has 0 atom stereocenters. The molecule has 0 amide bonds. The number of carbonyl (C=O) groups is 1. The van der Waals surface area contributed by atoms with Gasteiger partial charge in [-0.15, -0.1) is 79.4 Å². The number of carbonyl (C=O) groups excluding carboxylic acids is 1. The molecule has 0 unspecified atom stereocenters. The zero-order valence-electron chi connectivity index (χ0n) is 36.4. The molecule has 0 saturated carbocycles. The molecule has 0 bridgehead atoms. The third-order valence-electron chi connectivity index (χ3n) is 9.81. The Kier molecular flexibility index (Phi) is 16.1. The first-order valence-electron chi connectivity index (χ1n) is 21.2. The molecule has 0 aliphatic carbocycles. The molecule has 8 heteroatoms. The van der Waals surface area contributed by atoms with E-state index in [1.54, 1.807) is 68.0 Å². The summed E-state index contributed by atoms with van der Waals surface area (Å²) in [6.07, 6.45) is 7.43. The lowest BCUT2D eigenvalue weighted by Crippen LogP contribution is -1.80. The van der Waals surface area contributed by atoms with E-state index in [1.807, 2.05) is 6.07 Å². The summed E-state index contributed by atoms with van der Waals surface area (Å²) < 4.78 is 0. The maximum absolute atomic E-state index is 11.7. The van der Waals surface area contributed by atoms with Gasteiger partial charge in [0, 0.05) is 39.7 Å². The number of aryl methyl sites for hydroxylation is 7. The van der Waals surface area contributed by atoms with Gasteiger partial charge in [-0.3, -0.25) is 4.79 Å². The zero-order chi connectivity index (χ0) is 44.3. The minimum Gasteiger partial charge on any atom is -0.297 e.